The third-order valence-electron chi connectivity index (χ3n) is 5.09. The molecule has 2 aliphatic rings. The topological polar surface area (TPSA) is 35.6 Å². The van der Waals surface area contributed by atoms with Crippen molar-refractivity contribution in [2.24, 2.45) is 0 Å². The van der Waals surface area contributed by atoms with Gasteiger partial charge in [0.25, 0.3) is 0 Å². The highest BCUT2D eigenvalue weighted by Gasteiger charge is 2.28. The number of nitrogens with one attached hydrogen (secondary N) is 1. The third-order valence-corrected chi connectivity index (χ3v) is 5.09. The van der Waals surface area contributed by atoms with Crippen molar-refractivity contribution in [2.45, 2.75) is 70.9 Å². The van der Waals surface area contributed by atoms with Crippen LogP contribution in [-0.2, 0) is 4.79 Å². The van der Waals surface area contributed by atoms with E-state index in [2.05, 4.69) is 29.0 Å². The summed E-state index contributed by atoms with van der Waals surface area (Å²) in [5.41, 5.74) is 0. The Morgan fingerprint density at radius 3 is 2.55 bits per heavy atom. The van der Waals surface area contributed by atoms with Crippen LogP contribution < -0.4 is 5.32 Å². The van der Waals surface area contributed by atoms with Crippen LogP contribution in [0, 0.1) is 0 Å². The fourth-order valence-corrected chi connectivity index (χ4v) is 3.87. The number of amides is 1. The van der Waals surface area contributed by atoms with Crippen molar-refractivity contribution in [3.05, 3.63) is 0 Å². The van der Waals surface area contributed by atoms with Gasteiger partial charge in [0.1, 0.15) is 0 Å². The number of nitrogens with zero attached hydrogens (tertiary/aromatic N) is 2. The lowest BCUT2D eigenvalue weighted by atomic mass is 9.99. The zero-order chi connectivity index (χ0) is 15.1. The van der Waals surface area contributed by atoms with Crippen LogP contribution in [0.4, 0.5) is 0 Å². The summed E-state index contributed by atoms with van der Waals surface area (Å²) in [7, 11) is 0. The summed E-state index contributed by atoms with van der Waals surface area (Å²) < 4.78 is 0. The molecule has 2 rings (SSSR count). The van der Waals surface area contributed by atoms with Crippen LogP contribution in [-0.4, -0.2) is 60.5 Å². The molecule has 22 heavy (non-hydrogen) atoms. The van der Waals surface area contributed by atoms with E-state index in [0.29, 0.717) is 24.5 Å². The Balaban J connectivity index is 0.00000242. The van der Waals surface area contributed by atoms with Crippen molar-refractivity contribution in [1.29, 1.82) is 0 Å². The first-order chi connectivity index (χ1) is 10.3. The van der Waals surface area contributed by atoms with E-state index in [4.69, 9.17) is 0 Å². The molecule has 2 aliphatic heterocycles. The lowest BCUT2D eigenvalue weighted by Crippen LogP contribution is -2.51. The molecule has 0 radical (unpaired) electrons. The van der Waals surface area contributed by atoms with Crippen LogP contribution in [0.5, 0.6) is 0 Å². The first-order valence-corrected chi connectivity index (χ1v) is 9.00. The van der Waals surface area contributed by atoms with Crippen LogP contribution in [0.25, 0.3) is 0 Å². The van der Waals surface area contributed by atoms with Crippen LogP contribution in [0.2, 0.25) is 0 Å². The predicted octanol–water partition coefficient (Wildman–Crippen LogP) is 2.66. The highest BCUT2D eigenvalue weighted by atomic mass is 35.5. The number of hydrogen-bond acceptors (Lipinski definition) is 3. The third kappa shape index (κ3) is 5.39. The summed E-state index contributed by atoms with van der Waals surface area (Å²) in [5.74, 6) is 0.369. The average Bonchev–Trinajstić information content (AvgIpc) is 2.55. The molecule has 2 saturated heterocycles. The van der Waals surface area contributed by atoms with E-state index < -0.39 is 0 Å². The Kier molecular flexibility index (Phi) is 9.37. The molecule has 1 unspecified atom stereocenters. The minimum atomic E-state index is 0. The van der Waals surface area contributed by atoms with E-state index in [1.54, 1.807) is 0 Å². The van der Waals surface area contributed by atoms with Gasteiger partial charge < -0.3 is 10.2 Å². The molecule has 0 spiro atoms. The van der Waals surface area contributed by atoms with Crippen molar-refractivity contribution in [1.82, 2.24) is 15.1 Å². The van der Waals surface area contributed by atoms with Gasteiger partial charge in [-0.15, -0.1) is 12.4 Å². The van der Waals surface area contributed by atoms with E-state index in [1.807, 2.05) is 0 Å². The van der Waals surface area contributed by atoms with E-state index in [0.717, 1.165) is 39.0 Å². The van der Waals surface area contributed by atoms with Gasteiger partial charge in [-0.2, -0.15) is 0 Å². The SMILES string of the molecule is CCCN(CC(=O)N1CCCCC1CC)C1CCNCC1.Cl. The van der Waals surface area contributed by atoms with E-state index in [1.165, 1.54) is 32.1 Å². The summed E-state index contributed by atoms with van der Waals surface area (Å²) in [6.07, 6.45) is 8.28. The molecule has 0 bridgehead atoms. The number of carbonyl (C=O) groups excluding carboxylic acids is 1. The van der Waals surface area contributed by atoms with Gasteiger partial charge in [0, 0.05) is 18.6 Å². The standard InChI is InChI=1S/C17H33N3O.ClH/c1-3-12-19(16-8-10-18-11-9-16)14-17(21)20-13-6-5-7-15(20)4-2;/h15-16,18H,3-14H2,1-2H3;1H. The maximum Gasteiger partial charge on any atom is 0.237 e. The lowest BCUT2D eigenvalue weighted by molar-refractivity contribution is -0.137. The lowest BCUT2D eigenvalue weighted by Gasteiger charge is -2.39. The number of halogens is 1. The molecule has 5 heteroatoms. The zero-order valence-electron chi connectivity index (χ0n) is 14.4. The first-order valence-electron chi connectivity index (χ1n) is 9.00. The van der Waals surface area contributed by atoms with E-state index in [9.17, 15) is 4.79 Å². The minimum absolute atomic E-state index is 0. The molecular formula is C17H34ClN3O. The first kappa shape index (κ1) is 19.7. The Hall–Kier alpha value is -0.320. The summed E-state index contributed by atoms with van der Waals surface area (Å²) >= 11 is 0. The van der Waals surface area contributed by atoms with Crippen molar-refractivity contribution in [2.75, 3.05) is 32.7 Å². The molecule has 130 valence electrons. The second-order valence-corrected chi connectivity index (χ2v) is 6.60. The maximum absolute atomic E-state index is 12.8. The van der Waals surface area contributed by atoms with Crippen LogP contribution in [0.15, 0.2) is 0 Å². The number of carbonyl (C=O) groups is 1. The summed E-state index contributed by atoms with van der Waals surface area (Å²) in [6, 6.07) is 1.09. The summed E-state index contributed by atoms with van der Waals surface area (Å²) in [6.45, 7) is 9.29. The van der Waals surface area contributed by atoms with Crippen molar-refractivity contribution in [3.8, 4) is 0 Å². The molecule has 1 atom stereocenters. The summed E-state index contributed by atoms with van der Waals surface area (Å²) in [4.78, 5) is 17.4. The number of likely N-dealkylation sites (tertiary alicyclic amines) is 1. The maximum atomic E-state index is 12.8. The quantitative estimate of drug-likeness (QED) is 0.812. The Morgan fingerprint density at radius 2 is 1.91 bits per heavy atom. The molecule has 1 amide bonds. The van der Waals surface area contributed by atoms with Gasteiger partial charge in [-0.3, -0.25) is 9.69 Å². The molecule has 0 aromatic rings. The van der Waals surface area contributed by atoms with Gasteiger partial charge >= 0.3 is 0 Å². The normalized spacial score (nSPS) is 23.4. The fraction of sp³-hybridized carbons (Fsp3) is 0.941. The molecule has 0 aromatic carbocycles. The molecule has 0 saturated carbocycles. The highest BCUT2D eigenvalue weighted by molar-refractivity contribution is 5.85. The fourth-order valence-electron chi connectivity index (χ4n) is 3.87. The van der Waals surface area contributed by atoms with Gasteiger partial charge in [-0.1, -0.05) is 13.8 Å². The Bertz CT molecular complexity index is 321. The van der Waals surface area contributed by atoms with Crippen LogP contribution >= 0.6 is 12.4 Å². The van der Waals surface area contributed by atoms with Crippen LogP contribution in [0.3, 0.4) is 0 Å². The second-order valence-electron chi connectivity index (χ2n) is 6.60. The smallest absolute Gasteiger partial charge is 0.237 e. The van der Waals surface area contributed by atoms with Crippen LogP contribution in [0.1, 0.15) is 58.8 Å². The monoisotopic (exact) mass is 331 g/mol. The van der Waals surface area contributed by atoms with Crippen molar-refractivity contribution in [3.63, 3.8) is 0 Å². The van der Waals surface area contributed by atoms with Gasteiger partial charge in [0.05, 0.1) is 6.54 Å². The summed E-state index contributed by atoms with van der Waals surface area (Å²) in [5, 5.41) is 3.42. The van der Waals surface area contributed by atoms with Crippen molar-refractivity contribution >= 4 is 18.3 Å². The van der Waals surface area contributed by atoms with E-state index >= 15 is 0 Å². The van der Waals surface area contributed by atoms with Gasteiger partial charge in [0.2, 0.25) is 5.91 Å². The number of rotatable bonds is 6. The highest BCUT2D eigenvalue weighted by Crippen LogP contribution is 2.20. The van der Waals surface area contributed by atoms with Gasteiger partial charge in [-0.05, 0) is 64.6 Å². The Labute approximate surface area is 142 Å². The molecule has 0 aromatic heterocycles. The Morgan fingerprint density at radius 1 is 1.18 bits per heavy atom. The molecule has 0 aliphatic carbocycles. The molecule has 4 nitrogen and oxygen atoms in total. The average molecular weight is 332 g/mol. The molecular weight excluding hydrogens is 298 g/mol. The molecule has 2 heterocycles. The molecule has 2 fully saturated rings. The zero-order valence-corrected chi connectivity index (χ0v) is 15.2. The number of piperidine rings is 2. The number of hydrogen-bond donors (Lipinski definition) is 1. The molecule has 1 N–H and O–H groups in total. The largest absolute Gasteiger partial charge is 0.339 e. The minimum Gasteiger partial charge on any atom is -0.339 e. The second kappa shape index (κ2) is 10.5. The van der Waals surface area contributed by atoms with Gasteiger partial charge in [0.15, 0.2) is 0 Å². The van der Waals surface area contributed by atoms with Gasteiger partial charge in [-0.25, -0.2) is 0 Å². The van der Waals surface area contributed by atoms with E-state index in [-0.39, 0.29) is 12.4 Å². The predicted molar refractivity (Wildman–Crippen MR) is 94.6 cm³/mol. The van der Waals surface area contributed by atoms with Crippen molar-refractivity contribution < 1.29 is 4.79 Å².